The van der Waals surface area contributed by atoms with Crippen molar-refractivity contribution in [1.29, 1.82) is 0 Å². The predicted octanol–water partition coefficient (Wildman–Crippen LogP) is 3.51. The fourth-order valence-electron chi connectivity index (χ4n) is 2.72. The third kappa shape index (κ3) is 3.31. The van der Waals surface area contributed by atoms with Crippen molar-refractivity contribution in [2.24, 2.45) is 5.10 Å². The van der Waals surface area contributed by atoms with Gasteiger partial charge in [0.05, 0.1) is 6.21 Å². The van der Waals surface area contributed by atoms with Crippen LogP contribution < -0.4 is 10.2 Å². The Morgan fingerprint density at radius 2 is 1.69 bits per heavy atom. The van der Waals surface area contributed by atoms with E-state index in [1.54, 1.807) is 6.92 Å². The molecular weight excluding hydrogens is 328 g/mol. The summed E-state index contributed by atoms with van der Waals surface area (Å²) in [5, 5.41) is 7.64. The largest absolute Gasteiger partial charge is 0.346 e. The smallest absolute Gasteiger partial charge is 0.345 e. The van der Waals surface area contributed by atoms with Gasteiger partial charge in [0.2, 0.25) is 0 Å². The lowest BCUT2D eigenvalue weighted by atomic mass is 10.00. The first-order valence-corrected chi connectivity index (χ1v) is 8.54. The number of nitrogens with one attached hydrogen (secondary N) is 1. The average Bonchev–Trinajstić information content (AvgIpc) is 2.89. The second kappa shape index (κ2) is 7.00. The zero-order chi connectivity index (χ0) is 18.7. The van der Waals surface area contributed by atoms with E-state index in [2.05, 4.69) is 15.3 Å². The minimum absolute atomic E-state index is 0.332. The van der Waals surface area contributed by atoms with Crippen LogP contribution in [0.5, 0.6) is 0 Å². The maximum absolute atomic E-state index is 12.3. The first-order valence-electron chi connectivity index (χ1n) is 8.54. The van der Waals surface area contributed by atoms with Gasteiger partial charge in [-0.3, -0.25) is 4.79 Å². The lowest BCUT2D eigenvalue weighted by molar-refractivity contribution is -0.130. The number of para-hydroxylation sites is 1. The number of rotatable bonds is 5. The van der Waals surface area contributed by atoms with Gasteiger partial charge in [0.15, 0.2) is 0 Å². The van der Waals surface area contributed by atoms with Crippen molar-refractivity contribution in [2.75, 3.05) is 11.9 Å². The lowest BCUT2D eigenvalue weighted by Crippen LogP contribution is -2.42. The Bertz CT molecular complexity index is 833. The summed E-state index contributed by atoms with van der Waals surface area (Å²) in [5.41, 5.74) is 2.05. The number of imide groups is 1. The van der Waals surface area contributed by atoms with Crippen LogP contribution in [0.1, 0.15) is 25.8 Å². The SMILES string of the molecule is CC[C@@]1(C)NC(=O)N(N=Cc2ccc(N(C)c3ccccc3)cc2)C1=O. The zero-order valence-corrected chi connectivity index (χ0v) is 15.1. The molecule has 0 bridgehead atoms. The minimum atomic E-state index is -0.878. The van der Waals surface area contributed by atoms with Crippen LogP contribution in [0, 0.1) is 0 Å². The summed E-state index contributed by atoms with van der Waals surface area (Å²) in [6.07, 6.45) is 2.04. The Labute approximate surface area is 153 Å². The summed E-state index contributed by atoms with van der Waals surface area (Å²) in [6, 6.07) is 17.3. The first kappa shape index (κ1) is 17.7. The van der Waals surface area contributed by atoms with Crippen molar-refractivity contribution in [2.45, 2.75) is 25.8 Å². The van der Waals surface area contributed by atoms with Gasteiger partial charge in [0.1, 0.15) is 5.54 Å². The van der Waals surface area contributed by atoms with E-state index in [4.69, 9.17) is 0 Å². The van der Waals surface area contributed by atoms with Gasteiger partial charge in [0, 0.05) is 18.4 Å². The molecule has 2 aromatic carbocycles. The molecule has 6 heteroatoms. The molecule has 1 heterocycles. The molecule has 0 aliphatic carbocycles. The normalized spacial score (nSPS) is 19.9. The molecule has 1 aliphatic heterocycles. The molecule has 0 unspecified atom stereocenters. The quantitative estimate of drug-likeness (QED) is 0.663. The van der Waals surface area contributed by atoms with E-state index in [9.17, 15) is 9.59 Å². The number of urea groups is 1. The molecule has 0 spiro atoms. The van der Waals surface area contributed by atoms with Crippen LogP contribution in [0.3, 0.4) is 0 Å². The molecule has 0 saturated carbocycles. The molecular formula is C20H22N4O2. The molecule has 26 heavy (non-hydrogen) atoms. The van der Waals surface area contributed by atoms with Crippen LogP contribution >= 0.6 is 0 Å². The maximum Gasteiger partial charge on any atom is 0.346 e. The summed E-state index contributed by atoms with van der Waals surface area (Å²) in [5.74, 6) is -0.332. The topological polar surface area (TPSA) is 65.0 Å². The number of carbonyl (C=O) groups excluding carboxylic acids is 2. The minimum Gasteiger partial charge on any atom is -0.345 e. The Balaban J connectivity index is 1.73. The van der Waals surface area contributed by atoms with Crippen LogP contribution in [0.2, 0.25) is 0 Å². The number of hydrogen-bond donors (Lipinski definition) is 1. The van der Waals surface area contributed by atoms with Crippen LogP contribution in [0.15, 0.2) is 59.7 Å². The number of hydrazone groups is 1. The molecule has 3 amide bonds. The Kier molecular flexibility index (Phi) is 4.75. The summed E-state index contributed by atoms with van der Waals surface area (Å²) < 4.78 is 0. The van der Waals surface area contributed by atoms with Gasteiger partial charge in [-0.15, -0.1) is 5.01 Å². The summed E-state index contributed by atoms with van der Waals surface area (Å²) in [4.78, 5) is 26.3. The fraction of sp³-hybridized carbons (Fsp3) is 0.250. The van der Waals surface area contributed by atoms with Crippen molar-refractivity contribution in [1.82, 2.24) is 10.3 Å². The molecule has 2 aromatic rings. The van der Waals surface area contributed by atoms with E-state index in [1.807, 2.05) is 68.6 Å². The van der Waals surface area contributed by atoms with Crippen molar-refractivity contribution < 1.29 is 9.59 Å². The van der Waals surface area contributed by atoms with Crippen molar-refractivity contribution in [3.05, 3.63) is 60.2 Å². The van der Waals surface area contributed by atoms with Gasteiger partial charge in [-0.1, -0.05) is 37.3 Å². The fourth-order valence-corrected chi connectivity index (χ4v) is 2.72. The molecule has 0 radical (unpaired) electrons. The van der Waals surface area contributed by atoms with Gasteiger partial charge in [-0.05, 0) is 43.2 Å². The first-order chi connectivity index (χ1) is 12.4. The van der Waals surface area contributed by atoms with E-state index < -0.39 is 11.6 Å². The van der Waals surface area contributed by atoms with Gasteiger partial charge in [0.25, 0.3) is 5.91 Å². The molecule has 134 valence electrons. The maximum atomic E-state index is 12.3. The van der Waals surface area contributed by atoms with Crippen molar-refractivity contribution >= 4 is 29.5 Å². The highest BCUT2D eigenvalue weighted by Gasteiger charge is 2.46. The number of nitrogens with zero attached hydrogens (tertiary/aromatic N) is 3. The second-order valence-corrected chi connectivity index (χ2v) is 6.46. The van der Waals surface area contributed by atoms with E-state index >= 15 is 0 Å². The van der Waals surface area contributed by atoms with E-state index in [1.165, 1.54) is 6.21 Å². The summed E-state index contributed by atoms with van der Waals surface area (Å²) in [7, 11) is 2.00. The van der Waals surface area contributed by atoms with Gasteiger partial charge >= 0.3 is 6.03 Å². The Morgan fingerprint density at radius 1 is 1.08 bits per heavy atom. The van der Waals surface area contributed by atoms with Crippen LogP contribution in [-0.2, 0) is 4.79 Å². The number of carbonyl (C=O) groups is 2. The molecule has 0 aromatic heterocycles. The van der Waals surface area contributed by atoms with E-state index in [0.717, 1.165) is 21.9 Å². The summed E-state index contributed by atoms with van der Waals surface area (Å²) >= 11 is 0. The monoisotopic (exact) mass is 350 g/mol. The van der Waals surface area contributed by atoms with Crippen LogP contribution in [0.4, 0.5) is 16.2 Å². The third-order valence-corrected chi connectivity index (χ3v) is 4.69. The van der Waals surface area contributed by atoms with Crippen LogP contribution in [-0.4, -0.2) is 35.7 Å². The highest BCUT2D eigenvalue weighted by atomic mass is 16.2. The van der Waals surface area contributed by atoms with Crippen LogP contribution in [0.25, 0.3) is 0 Å². The van der Waals surface area contributed by atoms with E-state index in [0.29, 0.717) is 6.42 Å². The molecule has 1 fully saturated rings. The number of hydrogen-bond acceptors (Lipinski definition) is 4. The Hall–Kier alpha value is -3.15. The molecule has 1 aliphatic rings. The number of anilines is 2. The van der Waals surface area contributed by atoms with Gasteiger partial charge < -0.3 is 10.2 Å². The number of amides is 3. The highest BCUT2D eigenvalue weighted by Crippen LogP contribution is 2.23. The molecule has 1 atom stereocenters. The van der Waals surface area contributed by atoms with Gasteiger partial charge in [-0.25, -0.2) is 4.79 Å². The third-order valence-electron chi connectivity index (χ3n) is 4.69. The van der Waals surface area contributed by atoms with Crippen molar-refractivity contribution in [3.63, 3.8) is 0 Å². The average molecular weight is 350 g/mol. The molecule has 1 saturated heterocycles. The predicted molar refractivity (Wildman–Crippen MR) is 103 cm³/mol. The lowest BCUT2D eigenvalue weighted by Gasteiger charge is -2.19. The molecule has 6 nitrogen and oxygen atoms in total. The second-order valence-electron chi connectivity index (χ2n) is 6.46. The highest BCUT2D eigenvalue weighted by molar-refractivity contribution is 6.07. The Morgan fingerprint density at radius 3 is 2.27 bits per heavy atom. The molecule has 1 N–H and O–H groups in total. The van der Waals surface area contributed by atoms with Gasteiger partial charge in [-0.2, -0.15) is 5.10 Å². The van der Waals surface area contributed by atoms with E-state index in [-0.39, 0.29) is 5.91 Å². The standard InChI is InChI=1S/C20H22N4O2/c1-4-20(2)18(25)24(19(26)22-20)21-14-15-10-12-17(13-11-15)23(3)16-8-6-5-7-9-16/h5-14H,4H2,1-3H3,(H,22,26)/t20-/m1/s1. The van der Waals surface area contributed by atoms with Crippen molar-refractivity contribution in [3.8, 4) is 0 Å². The molecule has 3 rings (SSSR count). The zero-order valence-electron chi connectivity index (χ0n) is 15.1. The number of benzene rings is 2. The summed E-state index contributed by atoms with van der Waals surface area (Å²) in [6.45, 7) is 3.56.